The van der Waals surface area contributed by atoms with E-state index in [1.807, 2.05) is 6.92 Å². The van der Waals surface area contributed by atoms with E-state index >= 15 is 0 Å². The zero-order valence-corrected chi connectivity index (χ0v) is 19.2. The highest BCUT2D eigenvalue weighted by Crippen LogP contribution is 2.35. The summed E-state index contributed by atoms with van der Waals surface area (Å²) < 4.78 is 27.5. The normalized spacial score (nSPS) is 15.2. The number of nitriles is 1. The van der Waals surface area contributed by atoms with Gasteiger partial charge in [0.1, 0.15) is 45.3 Å². The fourth-order valence-electron chi connectivity index (χ4n) is 2.97. The van der Waals surface area contributed by atoms with E-state index in [2.05, 4.69) is 37.3 Å². The quantitative estimate of drug-likeness (QED) is 0.545. The van der Waals surface area contributed by atoms with Crippen LogP contribution in [0.1, 0.15) is 18.7 Å². The molecule has 10 heteroatoms. The Labute approximate surface area is 191 Å². The van der Waals surface area contributed by atoms with Crippen LogP contribution in [0.4, 0.5) is 13.9 Å². The third-order valence-corrected chi connectivity index (χ3v) is 5.79. The summed E-state index contributed by atoms with van der Waals surface area (Å²) in [6.07, 6.45) is 1.73. The number of nitrogens with one attached hydrogen (secondary N) is 2. The molecule has 0 bridgehead atoms. The van der Waals surface area contributed by atoms with Crippen molar-refractivity contribution in [1.29, 1.82) is 10.7 Å². The summed E-state index contributed by atoms with van der Waals surface area (Å²) in [5.74, 6) is 0.0389. The molecular weight excluding hydrogens is 486 g/mol. The molecule has 3 rings (SSSR count). The van der Waals surface area contributed by atoms with Crippen LogP contribution in [0.5, 0.6) is 0 Å². The molecule has 0 radical (unpaired) electrons. The molecule has 0 saturated heterocycles. The van der Waals surface area contributed by atoms with Crippen LogP contribution in [0.3, 0.4) is 0 Å². The number of alkyl halides is 1. The molecule has 160 valence electrons. The van der Waals surface area contributed by atoms with E-state index in [4.69, 9.17) is 5.41 Å². The summed E-state index contributed by atoms with van der Waals surface area (Å²) in [5, 5.41) is 21.6. The summed E-state index contributed by atoms with van der Waals surface area (Å²) in [7, 11) is 0. The average Bonchev–Trinajstić information content (AvgIpc) is 3.18. The van der Waals surface area contributed by atoms with Gasteiger partial charge in [0, 0.05) is 12.1 Å². The molecule has 0 unspecified atom stereocenters. The number of benzene rings is 1. The lowest BCUT2D eigenvalue weighted by Gasteiger charge is -2.27. The standard InChI is InChI=1S/C21H19BrF2N6S/c1-3-27-20(19-17(26)12(2)10-16(22)28-19)30(9-8-23)21-29-18(15(11-25)31-21)13-4-6-14(24)7-5-13/h4-7,10,26-27H,3,8-9H2,1-2H3/b20-19-,26-17?. The van der Waals surface area contributed by atoms with Crippen molar-refractivity contribution in [3.05, 3.63) is 58.1 Å². The maximum Gasteiger partial charge on any atom is 0.192 e. The fourth-order valence-corrected chi connectivity index (χ4v) is 4.41. The van der Waals surface area contributed by atoms with Crippen molar-refractivity contribution in [2.45, 2.75) is 13.8 Å². The molecular formula is C21H19BrF2N6S. The molecule has 2 N–H and O–H groups in total. The monoisotopic (exact) mass is 504 g/mol. The van der Waals surface area contributed by atoms with Crippen LogP contribution in [0.2, 0.25) is 0 Å². The van der Waals surface area contributed by atoms with Gasteiger partial charge < -0.3 is 5.32 Å². The topological polar surface area (TPSA) is 88.2 Å². The van der Waals surface area contributed by atoms with E-state index in [9.17, 15) is 14.0 Å². The van der Waals surface area contributed by atoms with Gasteiger partial charge >= 0.3 is 0 Å². The Morgan fingerprint density at radius 2 is 2.06 bits per heavy atom. The van der Waals surface area contributed by atoms with E-state index in [0.717, 1.165) is 11.3 Å². The number of thiazole rings is 1. The maximum absolute atomic E-state index is 13.6. The van der Waals surface area contributed by atoms with Gasteiger partial charge in [0.15, 0.2) is 5.13 Å². The Hall–Kier alpha value is -2.90. The predicted octanol–water partition coefficient (Wildman–Crippen LogP) is 5.15. The largest absolute Gasteiger partial charge is 0.370 e. The first kappa shape index (κ1) is 22.8. The predicted molar refractivity (Wildman–Crippen MR) is 124 cm³/mol. The molecule has 0 spiro atoms. The molecule has 0 saturated carbocycles. The fraction of sp³-hybridized carbons (Fsp3) is 0.238. The van der Waals surface area contributed by atoms with Crippen molar-refractivity contribution in [2.75, 3.05) is 24.7 Å². The SMILES string of the molecule is CCN/C(=C1/N=C(Br)C=C(C)C1=N)N(CCF)c1nc(-c2ccc(F)cc2)c(C#N)s1. The number of dihydropyridines is 1. The maximum atomic E-state index is 13.6. The van der Waals surface area contributed by atoms with Gasteiger partial charge in [-0.15, -0.1) is 0 Å². The lowest BCUT2D eigenvalue weighted by atomic mass is 10.1. The molecule has 1 aliphatic heterocycles. The second-order valence-corrected chi connectivity index (χ2v) is 8.29. The van der Waals surface area contributed by atoms with Gasteiger partial charge in [-0.05, 0) is 65.7 Å². The van der Waals surface area contributed by atoms with Gasteiger partial charge in [0.05, 0.1) is 12.3 Å². The van der Waals surface area contributed by atoms with E-state index in [-0.39, 0.29) is 12.3 Å². The average molecular weight is 505 g/mol. The Bertz CT molecular complexity index is 1130. The first-order valence-electron chi connectivity index (χ1n) is 9.39. The first-order chi connectivity index (χ1) is 14.9. The number of anilines is 1. The Kier molecular flexibility index (Phi) is 7.30. The van der Waals surface area contributed by atoms with Crippen LogP contribution in [0.15, 0.2) is 52.4 Å². The van der Waals surface area contributed by atoms with E-state index in [1.54, 1.807) is 30.0 Å². The zero-order valence-electron chi connectivity index (χ0n) is 16.8. The molecule has 0 amide bonds. The number of rotatable bonds is 7. The van der Waals surface area contributed by atoms with E-state index in [1.165, 1.54) is 12.1 Å². The lowest BCUT2D eigenvalue weighted by Crippen LogP contribution is -2.36. The molecule has 6 nitrogen and oxygen atoms in total. The number of hydrogen-bond acceptors (Lipinski definition) is 7. The minimum atomic E-state index is -0.678. The number of aliphatic imine (C=N–C) groups is 1. The van der Waals surface area contributed by atoms with Crippen LogP contribution in [-0.2, 0) is 0 Å². The number of hydrogen-bond donors (Lipinski definition) is 2. The van der Waals surface area contributed by atoms with Gasteiger partial charge in [0.25, 0.3) is 0 Å². The third kappa shape index (κ3) is 4.89. The Balaban J connectivity index is 2.16. The summed E-state index contributed by atoms with van der Waals surface area (Å²) >= 11 is 4.46. The highest BCUT2D eigenvalue weighted by atomic mass is 79.9. The van der Waals surface area contributed by atoms with Gasteiger partial charge in [-0.25, -0.2) is 18.8 Å². The second-order valence-electron chi connectivity index (χ2n) is 6.50. The summed E-state index contributed by atoms with van der Waals surface area (Å²) in [5.41, 5.74) is 2.24. The van der Waals surface area contributed by atoms with E-state index < -0.39 is 12.5 Å². The molecule has 1 aromatic carbocycles. The van der Waals surface area contributed by atoms with Crippen molar-refractivity contribution in [3.8, 4) is 17.3 Å². The highest BCUT2D eigenvalue weighted by molar-refractivity contribution is 9.18. The molecule has 0 fully saturated rings. The molecule has 2 heterocycles. The summed E-state index contributed by atoms with van der Waals surface area (Å²) in [4.78, 5) is 10.9. The minimum absolute atomic E-state index is 0.0454. The first-order valence-corrected chi connectivity index (χ1v) is 11.0. The smallest absolute Gasteiger partial charge is 0.192 e. The molecule has 0 aliphatic carbocycles. The molecule has 1 aliphatic rings. The van der Waals surface area contributed by atoms with Crippen LogP contribution in [-0.4, -0.2) is 35.1 Å². The molecule has 0 atom stereocenters. The summed E-state index contributed by atoms with van der Waals surface area (Å²) in [6.45, 7) is 3.46. The van der Waals surface area contributed by atoms with Crippen molar-refractivity contribution in [2.24, 2.45) is 4.99 Å². The molecule has 2 aromatic rings. The number of halogens is 3. The van der Waals surface area contributed by atoms with Crippen LogP contribution in [0.25, 0.3) is 11.3 Å². The van der Waals surface area contributed by atoms with E-state index in [0.29, 0.717) is 49.5 Å². The van der Waals surface area contributed by atoms with Crippen molar-refractivity contribution in [1.82, 2.24) is 10.3 Å². The third-order valence-electron chi connectivity index (χ3n) is 4.40. The second kappa shape index (κ2) is 9.94. The van der Waals surface area contributed by atoms with Gasteiger partial charge in [0.2, 0.25) is 0 Å². The lowest BCUT2D eigenvalue weighted by molar-refractivity contribution is 0.494. The van der Waals surface area contributed by atoms with Gasteiger partial charge in [-0.2, -0.15) is 5.26 Å². The van der Waals surface area contributed by atoms with Crippen molar-refractivity contribution in [3.63, 3.8) is 0 Å². The van der Waals surface area contributed by atoms with Gasteiger partial charge in [-0.3, -0.25) is 10.3 Å². The Morgan fingerprint density at radius 3 is 2.68 bits per heavy atom. The van der Waals surface area contributed by atoms with Crippen LogP contribution < -0.4 is 10.2 Å². The summed E-state index contributed by atoms with van der Waals surface area (Å²) in [6, 6.07) is 7.81. The number of aromatic nitrogens is 1. The van der Waals surface area contributed by atoms with Crippen LogP contribution in [0, 0.1) is 22.6 Å². The molecule has 31 heavy (non-hydrogen) atoms. The highest BCUT2D eigenvalue weighted by Gasteiger charge is 2.26. The molecule has 1 aromatic heterocycles. The minimum Gasteiger partial charge on any atom is -0.370 e. The number of nitrogens with zero attached hydrogens (tertiary/aromatic N) is 4. The van der Waals surface area contributed by atoms with Crippen molar-refractivity contribution >= 4 is 42.7 Å². The number of allylic oxidation sites excluding steroid dienone is 2. The Morgan fingerprint density at radius 1 is 1.35 bits per heavy atom. The van der Waals surface area contributed by atoms with Crippen LogP contribution >= 0.6 is 27.3 Å². The zero-order chi connectivity index (χ0) is 22.5. The van der Waals surface area contributed by atoms with Crippen molar-refractivity contribution < 1.29 is 8.78 Å². The van der Waals surface area contributed by atoms with Gasteiger partial charge in [-0.1, -0.05) is 11.3 Å².